The van der Waals surface area contributed by atoms with Gasteiger partial charge in [0.15, 0.2) is 5.78 Å². The van der Waals surface area contributed by atoms with Crippen molar-refractivity contribution in [3.8, 4) is 0 Å². The van der Waals surface area contributed by atoms with Gasteiger partial charge in [-0.2, -0.15) is 0 Å². The fourth-order valence-corrected chi connectivity index (χ4v) is 5.08. The number of para-hydroxylation sites is 1. The molecule has 0 saturated heterocycles. The second-order valence-corrected chi connectivity index (χ2v) is 10.4. The van der Waals surface area contributed by atoms with Crippen molar-refractivity contribution < 1.29 is 30.0 Å². The summed E-state index contributed by atoms with van der Waals surface area (Å²) in [6, 6.07) is 21.3. The van der Waals surface area contributed by atoms with Crippen LogP contribution in [-0.4, -0.2) is 33.4 Å². The molecule has 0 saturated carbocycles. The molecule has 2 aliphatic rings. The first-order valence-electron chi connectivity index (χ1n) is 13.4. The monoisotopic (exact) mass is 709 g/mol. The van der Waals surface area contributed by atoms with Crippen LogP contribution in [0.4, 0.5) is 5.69 Å². The molecule has 0 amide bonds. The Labute approximate surface area is 251 Å². The van der Waals surface area contributed by atoms with Crippen LogP contribution in [0.15, 0.2) is 96.0 Å². The molecule has 0 atom stereocenters. The molecule has 3 heterocycles. The maximum Gasteiger partial charge on any atom is 0.314 e. The van der Waals surface area contributed by atoms with Crippen molar-refractivity contribution in [2.24, 2.45) is 4.99 Å². The third kappa shape index (κ3) is 6.78. The summed E-state index contributed by atoms with van der Waals surface area (Å²) in [5.74, 6) is 1.68. The van der Waals surface area contributed by atoms with E-state index in [1.807, 2.05) is 30.5 Å². The van der Waals surface area contributed by atoms with Crippen molar-refractivity contribution in [3.05, 3.63) is 114 Å². The number of nitrogens with zero attached hydrogens (tertiary/aromatic N) is 3. The SMILES string of the molecule is CC(=O)/C=C(/C)O.CC(C)c1cccc(C(C)C)c1B1c2ccccc2N=C2C(c3ccccn3)=[C-]C=CN12.[Ir]. The van der Waals surface area contributed by atoms with Gasteiger partial charge in [0.2, 0.25) is 0 Å². The Morgan fingerprint density at radius 1 is 0.950 bits per heavy atom. The van der Waals surface area contributed by atoms with Gasteiger partial charge >= 0.3 is 6.85 Å². The topological polar surface area (TPSA) is 65.8 Å². The van der Waals surface area contributed by atoms with Gasteiger partial charge in [-0.3, -0.25) is 9.79 Å². The molecule has 0 fully saturated rings. The molecule has 5 nitrogen and oxygen atoms in total. The molecule has 207 valence electrons. The molecule has 1 N–H and O–H groups in total. The summed E-state index contributed by atoms with van der Waals surface area (Å²) in [6.07, 6.45) is 10.5. The number of benzene rings is 2. The number of aliphatic imine (C=N–C) groups is 1. The van der Waals surface area contributed by atoms with Crippen LogP contribution in [0.2, 0.25) is 0 Å². The number of pyridine rings is 1. The molecule has 3 aromatic rings. The molecule has 40 heavy (non-hydrogen) atoms. The number of rotatable bonds is 5. The molecule has 1 radical (unpaired) electrons. The van der Waals surface area contributed by atoms with Crippen LogP contribution < -0.4 is 10.9 Å². The van der Waals surface area contributed by atoms with Crippen LogP contribution in [0.25, 0.3) is 5.57 Å². The first kappa shape index (κ1) is 31.0. The Hall–Kier alpha value is -3.54. The number of amidine groups is 1. The summed E-state index contributed by atoms with van der Waals surface area (Å²) >= 11 is 0. The van der Waals surface area contributed by atoms with Crippen LogP contribution in [0, 0.1) is 6.08 Å². The quantitative estimate of drug-likeness (QED) is 0.148. The molecule has 0 unspecified atom stereocenters. The number of aromatic nitrogens is 1. The number of hydrogen-bond acceptors (Lipinski definition) is 5. The predicted molar refractivity (Wildman–Crippen MR) is 162 cm³/mol. The van der Waals surface area contributed by atoms with E-state index in [2.05, 4.69) is 92.2 Å². The molecule has 0 bridgehead atoms. The third-order valence-corrected chi connectivity index (χ3v) is 6.69. The van der Waals surface area contributed by atoms with E-state index >= 15 is 0 Å². The van der Waals surface area contributed by atoms with Crippen LogP contribution in [0.3, 0.4) is 0 Å². The summed E-state index contributed by atoms with van der Waals surface area (Å²) < 4.78 is 0. The average molecular weight is 709 g/mol. The number of fused-ring (bicyclic) bond motifs is 2. The Morgan fingerprint density at radius 2 is 1.60 bits per heavy atom. The standard InChI is InChI=1S/C28H27BN3.C5H8O2.Ir/c1-19(2)21-11-9-12-22(20(3)4)27(21)29-24-14-5-6-16-26(24)31-28-23(13-10-18-32(28)29)25-15-7-8-17-30-25;1-4(6)3-5(2)7;/h5-12,14-20H,1-4H3;3,6H,1-2H3;/q-1;;/b;4-3-;. The second-order valence-electron chi connectivity index (χ2n) is 10.4. The van der Waals surface area contributed by atoms with Gasteiger partial charge < -0.3 is 14.9 Å². The predicted octanol–water partition coefficient (Wildman–Crippen LogP) is 6.23. The van der Waals surface area contributed by atoms with Gasteiger partial charge in [-0.1, -0.05) is 88.0 Å². The molecule has 0 spiro atoms. The van der Waals surface area contributed by atoms with E-state index in [0.717, 1.165) is 22.8 Å². The van der Waals surface area contributed by atoms with E-state index in [4.69, 9.17) is 10.1 Å². The minimum atomic E-state index is -0.125. The largest absolute Gasteiger partial charge is 0.512 e. The van der Waals surface area contributed by atoms with E-state index in [1.165, 1.54) is 42.0 Å². The average Bonchev–Trinajstić information content (AvgIpc) is 2.91. The molecule has 0 aliphatic carbocycles. The van der Waals surface area contributed by atoms with Crippen LogP contribution in [-0.2, 0) is 24.9 Å². The second kappa shape index (κ2) is 13.7. The number of aliphatic hydroxyl groups excluding tert-OH is 1. The molecule has 2 aliphatic heterocycles. The number of carbonyl (C=O) groups is 1. The van der Waals surface area contributed by atoms with E-state index in [-0.39, 0.29) is 38.5 Å². The maximum absolute atomic E-state index is 10.0. The Bertz CT molecular complexity index is 1450. The zero-order valence-electron chi connectivity index (χ0n) is 23.8. The molecule has 1 aromatic heterocycles. The van der Waals surface area contributed by atoms with Crippen LogP contribution >= 0.6 is 0 Å². The van der Waals surface area contributed by atoms with Gasteiger partial charge in [-0.15, -0.1) is 12.2 Å². The molecule has 2 aromatic carbocycles. The normalized spacial score (nSPS) is 13.9. The molecular formula is C33H35BIrN3O2-. The number of ketones is 1. The first-order valence-corrected chi connectivity index (χ1v) is 13.4. The van der Waals surface area contributed by atoms with Crippen molar-refractivity contribution in [1.82, 2.24) is 9.79 Å². The fraction of sp³-hybridized carbons (Fsp3) is 0.242. The van der Waals surface area contributed by atoms with Crippen molar-refractivity contribution >= 4 is 40.7 Å². The van der Waals surface area contributed by atoms with E-state index in [1.54, 1.807) is 0 Å². The summed E-state index contributed by atoms with van der Waals surface area (Å²) in [4.78, 5) is 22.0. The van der Waals surface area contributed by atoms with E-state index < -0.39 is 0 Å². The van der Waals surface area contributed by atoms with Gasteiger partial charge in [-0.05, 0) is 65.6 Å². The zero-order valence-corrected chi connectivity index (χ0v) is 26.2. The summed E-state index contributed by atoms with van der Waals surface area (Å²) in [5.41, 5.74) is 8.25. The minimum Gasteiger partial charge on any atom is -0.512 e. The van der Waals surface area contributed by atoms with E-state index in [9.17, 15) is 4.79 Å². The van der Waals surface area contributed by atoms with Crippen molar-refractivity contribution in [3.63, 3.8) is 0 Å². The fourth-order valence-electron chi connectivity index (χ4n) is 5.08. The van der Waals surface area contributed by atoms with Crippen LogP contribution in [0.5, 0.6) is 0 Å². The molecule has 5 rings (SSSR count). The number of carbonyl (C=O) groups excluding carboxylic acids is 1. The smallest absolute Gasteiger partial charge is 0.314 e. The third-order valence-electron chi connectivity index (χ3n) is 6.69. The summed E-state index contributed by atoms with van der Waals surface area (Å²) in [5, 5.41) is 8.36. The minimum absolute atomic E-state index is 0. The summed E-state index contributed by atoms with van der Waals surface area (Å²) in [7, 11) is 0. The molecular weight excluding hydrogens is 673 g/mol. The van der Waals surface area contributed by atoms with Crippen molar-refractivity contribution in [2.45, 2.75) is 53.4 Å². The van der Waals surface area contributed by atoms with Gasteiger partial charge in [0.1, 0.15) is 0 Å². The zero-order chi connectivity index (χ0) is 28.1. The van der Waals surface area contributed by atoms with Crippen molar-refractivity contribution in [1.29, 1.82) is 0 Å². The van der Waals surface area contributed by atoms with Gasteiger partial charge in [0, 0.05) is 38.2 Å². The first-order chi connectivity index (χ1) is 18.7. The number of aliphatic hydroxyl groups is 1. The Balaban J connectivity index is 0.000000492. The van der Waals surface area contributed by atoms with Gasteiger partial charge in [0.25, 0.3) is 0 Å². The maximum atomic E-state index is 10.0. The van der Waals surface area contributed by atoms with Gasteiger partial charge in [0.05, 0.1) is 11.4 Å². The van der Waals surface area contributed by atoms with Crippen LogP contribution in [0.1, 0.15) is 70.2 Å². The molecule has 7 heteroatoms. The Morgan fingerprint density at radius 3 is 2.15 bits per heavy atom. The summed E-state index contributed by atoms with van der Waals surface area (Å²) in [6.45, 7) is 12.0. The number of allylic oxidation sites excluding steroid dienone is 4. The number of hydrogen-bond donors (Lipinski definition) is 1. The van der Waals surface area contributed by atoms with Gasteiger partial charge in [-0.25, -0.2) is 0 Å². The van der Waals surface area contributed by atoms with E-state index in [0.29, 0.717) is 11.8 Å². The van der Waals surface area contributed by atoms with Crippen molar-refractivity contribution in [2.75, 3.05) is 0 Å². The Kier molecular flexibility index (Phi) is 10.6.